The number of rotatable bonds is 8. The van der Waals surface area contributed by atoms with E-state index in [1.165, 1.54) is 0 Å². The fourth-order valence-corrected chi connectivity index (χ4v) is 2.01. The SMILES string of the molecule is CCCCCCC(=O)NC(=O)[C@@H](N)Cc1ccc(N)cc1. The van der Waals surface area contributed by atoms with Crippen LogP contribution >= 0.6 is 0 Å². The zero-order chi connectivity index (χ0) is 15.7. The Morgan fingerprint density at radius 1 is 1.14 bits per heavy atom. The molecule has 21 heavy (non-hydrogen) atoms. The zero-order valence-electron chi connectivity index (χ0n) is 12.6. The summed E-state index contributed by atoms with van der Waals surface area (Å²) in [7, 11) is 0. The van der Waals surface area contributed by atoms with Crippen LogP contribution in [0.25, 0.3) is 0 Å². The highest BCUT2D eigenvalue weighted by molar-refractivity contribution is 5.97. The minimum absolute atomic E-state index is 0.246. The second kappa shape index (κ2) is 9.13. The van der Waals surface area contributed by atoms with Crippen LogP contribution in [0.2, 0.25) is 0 Å². The lowest BCUT2D eigenvalue weighted by Crippen LogP contribution is -2.44. The van der Waals surface area contributed by atoms with E-state index in [0.717, 1.165) is 31.2 Å². The van der Waals surface area contributed by atoms with E-state index in [9.17, 15) is 9.59 Å². The number of hydrogen-bond donors (Lipinski definition) is 3. The van der Waals surface area contributed by atoms with E-state index < -0.39 is 11.9 Å². The van der Waals surface area contributed by atoms with Crippen LogP contribution in [0.3, 0.4) is 0 Å². The number of amides is 2. The first-order chi connectivity index (χ1) is 10.0. The summed E-state index contributed by atoms with van der Waals surface area (Å²) in [4.78, 5) is 23.4. The Morgan fingerprint density at radius 3 is 2.43 bits per heavy atom. The average molecular weight is 291 g/mol. The number of imide groups is 1. The number of hydrogen-bond acceptors (Lipinski definition) is 4. The summed E-state index contributed by atoms with van der Waals surface area (Å²) in [5.41, 5.74) is 13.0. The van der Waals surface area contributed by atoms with Crippen LogP contribution in [0, 0.1) is 0 Å². The highest BCUT2D eigenvalue weighted by atomic mass is 16.2. The summed E-state index contributed by atoms with van der Waals surface area (Å²) in [5.74, 6) is -0.670. The maximum atomic E-state index is 11.8. The second-order valence-electron chi connectivity index (χ2n) is 5.28. The van der Waals surface area contributed by atoms with Crippen molar-refractivity contribution in [2.24, 2.45) is 5.73 Å². The fourth-order valence-electron chi connectivity index (χ4n) is 2.01. The van der Waals surface area contributed by atoms with Crippen molar-refractivity contribution in [2.45, 2.75) is 51.5 Å². The minimum atomic E-state index is -0.729. The topological polar surface area (TPSA) is 98.2 Å². The lowest BCUT2D eigenvalue weighted by molar-refractivity contribution is -0.131. The van der Waals surface area contributed by atoms with E-state index in [-0.39, 0.29) is 5.91 Å². The number of benzene rings is 1. The zero-order valence-corrected chi connectivity index (χ0v) is 12.6. The molecular weight excluding hydrogens is 266 g/mol. The summed E-state index contributed by atoms with van der Waals surface area (Å²) in [6, 6.07) is 6.45. The Labute approximate surface area is 126 Å². The highest BCUT2D eigenvalue weighted by Crippen LogP contribution is 2.07. The number of carbonyl (C=O) groups excluding carboxylic acids is 2. The van der Waals surface area contributed by atoms with E-state index in [4.69, 9.17) is 11.5 Å². The number of nitrogens with two attached hydrogens (primary N) is 2. The fraction of sp³-hybridized carbons (Fsp3) is 0.500. The number of unbranched alkanes of at least 4 members (excludes halogenated alkanes) is 3. The standard InChI is InChI=1S/C16H25N3O2/c1-2-3-4-5-6-15(20)19-16(21)14(18)11-12-7-9-13(17)10-8-12/h7-10,14H,2-6,11,17-18H2,1H3,(H,19,20,21)/t14-/m0/s1. The number of carbonyl (C=O) groups is 2. The van der Waals surface area contributed by atoms with Crippen LogP contribution in [0.1, 0.15) is 44.6 Å². The summed E-state index contributed by atoms with van der Waals surface area (Å²) in [6.45, 7) is 2.11. The first-order valence-corrected chi connectivity index (χ1v) is 7.46. The average Bonchev–Trinajstić information content (AvgIpc) is 2.46. The molecule has 1 atom stereocenters. The lowest BCUT2D eigenvalue weighted by Gasteiger charge is -2.11. The highest BCUT2D eigenvalue weighted by Gasteiger charge is 2.16. The van der Waals surface area contributed by atoms with Gasteiger partial charge in [0.05, 0.1) is 6.04 Å². The molecule has 0 heterocycles. The Hall–Kier alpha value is -1.88. The van der Waals surface area contributed by atoms with Gasteiger partial charge in [-0.2, -0.15) is 0 Å². The van der Waals surface area contributed by atoms with Gasteiger partial charge in [-0.25, -0.2) is 0 Å². The van der Waals surface area contributed by atoms with Crippen molar-refractivity contribution in [3.05, 3.63) is 29.8 Å². The molecule has 0 saturated carbocycles. The second-order valence-corrected chi connectivity index (χ2v) is 5.28. The molecule has 0 aliphatic rings. The molecule has 0 aliphatic carbocycles. The van der Waals surface area contributed by atoms with Crippen LogP contribution < -0.4 is 16.8 Å². The third-order valence-electron chi connectivity index (χ3n) is 3.29. The van der Waals surface area contributed by atoms with Gasteiger partial charge in [-0.15, -0.1) is 0 Å². The molecule has 0 saturated heterocycles. The van der Waals surface area contributed by atoms with E-state index in [0.29, 0.717) is 18.5 Å². The molecule has 116 valence electrons. The Bertz CT molecular complexity index is 457. The molecule has 0 spiro atoms. The first-order valence-electron chi connectivity index (χ1n) is 7.46. The van der Waals surface area contributed by atoms with Gasteiger partial charge in [0.25, 0.3) is 0 Å². The van der Waals surface area contributed by atoms with Gasteiger partial charge in [-0.05, 0) is 30.5 Å². The molecule has 0 unspecified atom stereocenters. The van der Waals surface area contributed by atoms with Gasteiger partial charge in [0, 0.05) is 12.1 Å². The summed E-state index contributed by atoms with van der Waals surface area (Å²) in [5, 5.41) is 2.36. The predicted octanol–water partition coefficient (Wildman–Crippen LogP) is 1.75. The van der Waals surface area contributed by atoms with Gasteiger partial charge in [0.15, 0.2) is 0 Å². The van der Waals surface area contributed by atoms with Gasteiger partial charge < -0.3 is 11.5 Å². The molecule has 0 bridgehead atoms. The Balaban J connectivity index is 2.33. The molecule has 1 aromatic carbocycles. The molecule has 2 amide bonds. The molecule has 0 aromatic heterocycles. The molecule has 5 N–H and O–H groups in total. The third kappa shape index (κ3) is 6.90. The Kier molecular flexibility index (Phi) is 7.46. The molecule has 0 aliphatic heterocycles. The first kappa shape index (κ1) is 17.2. The van der Waals surface area contributed by atoms with E-state index in [1.807, 2.05) is 12.1 Å². The van der Waals surface area contributed by atoms with E-state index in [1.54, 1.807) is 12.1 Å². The van der Waals surface area contributed by atoms with Gasteiger partial charge in [0.1, 0.15) is 0 Å². The lowest BCUT2D eigenvalue weighted by atomic mass is 10.1. The predicted molar refractivity (Wildman–Crippen MR) is 84.4 cm³/mol. The van der Waals surface area contributed by atoms with Crippen molar-refractivity contribution in [2.75, 3.05) is 5.73 Å². The largest absolute Gasteiger partial charge is 0.399 e. The monoisotopic (exact) mass is 291 g/mol. The summed E-state index contributed by atoms with van der Waals surface area (Å²) >= 11 is 0. The molecule has 5 heteroatoms. The molecular formula is C16H25N3O2. The van der Waals surface area contributed by atoms with Gasteiger partial charge in [-0.3, -0.25) is 14.9 Å². The van der Waals surface area contributed by atoms with Crippen molar-refractivity contribution in [1.29, 1.82) is 0 Å². The van der Waals surface area contributed by atoms with Gasteiger partial charge in [-0.1, -0.05) is 38.3 Å². The van der Waals surface area contributed by atoms with Crippen molar-refractivity contribution in [3.63, 3.8) is 0 Å². The normalized spacial score (nSPS) is 11.9. The van der Waals surface area contributed by atoms with Crippen LogP contribution in [0.15, 0.2) is 24.3 Å². The Morgan fingerprint density at radius 2 is 1.81 bits per heavy atom. The third-order valence-corrected chi connectivity index (χ3v) is 3.29. The van der Waals surface area contributed by atoms with E-state index >= 15 is 0 Å². The maximum Gasteiger partial charge on any atom is 0.243 e. The van der Waals surface area contributed by atoms with Gasteiger partial charge in [0.2, 0.25) is 11.8 Å². The van der Waals surface area contributed by atoms with Crippen molar-refractivity contribution in [1.82, 2.24) is 5.32 Å². The molecule has 1 rings (SSSR count). The van der Waals surface area contributed by atoms with Crippen molar-refractivity contribution in [3.8, 4) is 0 Å². The quantitative estimate of drug-likeness (QED) is 0.502. The molecule has 0 radical (unpaired) electrons. The maximum absolute atomic E-state index is 11.8. The van der Waals surface area contributed by atoms with E-state index in [2.05, 4.69) is 12.2 Å². The summed E-state index contributed by atoms with van der Waals surface area (Å²) in [6.07, 6.45) is 4.80. The van der Waals surface area contributed by atoms with Crippen LogP contribution in [0.4, 0.5) is 5.69 Å². The van der Waals surface area contributed by atoms with Crippen molar-refractivity contribution >= 4 is 17.5 Å². The van der Waals surface area contributed by atoms with Crippen molar-refractivity contribution < 1.29 is 9.59 Å². The smallest absolute Gasteiger partial charge is 0.243 e. The van der Waals surface area contributed by atoms with Gasteiger partial charge >= 0.3 is 0 Å². The molecule has 1 aromatic rings. The minimum Gasteiger partial charge on any atom is -0.399 e. The van der Waals surface area contributed by atoms with Crippen LogP contribution in [-0.2, 0) is 16.0 Å². The van der Waals surface area contributed by atoms with Crippen LogP contribution in [-0.4, -0.2) is 17.9 Å². The number of anilines is 1. The summed E-state index contributed by atoms with van der Waals surface area (Å²) < 4.78 is 0. The molecule has 0 fully saturated rings. The van der Waals surface area contributed by atoms with Crippen LogP contribution in [0.5, 0.6) is 0 Å². The number of nitrogens with one attached hydrogen (secondary N) is 1. The number of nitrogen functional groups attached to an aromatic ring is 1. The molecule has 5 nitrogen and oxygen atoms in total.